The molecule has 0 aliphatic heterocycles. The summed E-state index contributed by atoms with van der Waals surface area (Å²) in [4.78, 5) is 10.3. The van der Waals surface area contributed by atoms with Crippen LogP contribution < -0.4 is 0 Å². The minimum atomic E-state index is -1.21. The number of carbonyl (C=O) groups is 1. The molecule has 1 heterocycles. The molecule has 1 aromatic heterocycles. The van der Waals surface area contributed by atoms with Gasteiger partial charge in [-0.3, -0.25) is 4.79 Å². The Labute approximate surface area is 70.9 Å². The smallest absolute Gasteiger partial charge is 0.205 e. The topological polar surface area (TPSA) is 43.1 Å². The molecule has 0 atom stereocenters. The van der Waals surface area contributed by atoms with Crippen molar-refractivity contribution in [3.63, 3.8) is 0 Å². The second-order valence-electron chi connectivity index (χ2n) is 2.46. The lowest BCUT2D eigenvalue weighted by molar-refractivity contribution is 0.111. The van der Waals surface area contributed by atoms with Crippen molar-refractivity contribution in [1.82, 2.24) is 5.16 Å². The maximum absolute atomic E-state index is 13.0. The van der Waals surface area contributed by atoms with E-state index in [1.807, 2.05) is 0 Å². The SMILES string of the molecule is O=Cc1cc2cnoc2c(F)c1F. The first-order chi connectivity index (χ1) is 6.24. The highest BCUT2D eigenvalue weighted by molar-refractivity contribution is 5.86. The third kappa shape index (κ3) is 1.00. The minimum Gasteiger partial charge on any atom is -0.353 e. The lowest BCUT2D eigenvalue weighted by Gasteiger charge is -1.95. The maximum atomic E-state index is 13.0. The summed E-state index contributed by atoms with van der Waals surface area (Å²) in [5.41, 5.74) is -0.615. The third-order valence-corrected chi connectivity index (χ3v) is 1.68. The zero-order chi connectivity index (χ0) is 9.42. The average molecular weight is 183 g/mol. The van der Waals surface area contributed by atoms with Gasteiger partial charge in [0.1, 0.15) is 0 Å². The van der Waals surface area contributed by atoms with Crippen LogP contribution in [0.1, 0.15) is 10.4 Å². The van der Waals surface area contributed by atoms with Gasteiger partial charge in [0.2, 0.25) is 11.4 Å². The van der Waals surface area contributed by atoms with Crippen LogP contribution in [0.15, 0.2) is 16.8 Å². The van der Waals surface area contributed by atoms with Gasteiger partial charge in [0, 0.05) is 5.39 Å². The van der Waals surface area contributed by atoms with E-state index in [1.54, 1.807) is 0 Å². The van der Waals surface area contributed by atoms with Gasteiger partial charge in [-0.1, -0.05) is 5.16 Å². The zero-order valence-electron chi connectivity index (χ0n) is 6.25. The van der Waals surface area contributed by atoms with Crippen molar-refractivity contribution in [1.29, 1.82) is 0 Å². The molecule has 2 aromatic rings. The number of hydrogen-bond donors (Lipinski definition) is 0. The van der Waals surface area contributed by atoms with Gasteiger partial charge < -0.3 is 4.52 Å². The summed E-state index contributed by atoms with van der Waals surface area (Å²) in [6.07, 6.45) is 1.45. The number of hydrogen-bond acceptors (Lipinski definition) is 3. The molecule has 66 valence electrons. The van der Waals surface area contributed by atoms with E-state index in [-0.39, 0.29) is 22.8 Å². The van der Waals surface area contributed by atoms with Crippen LogP contribution >= 0.6 is 0 Å². The van der Waals surface area contributed by atoms with Gasteiger partial charge in [-0.2, -0.15) is 4.39 Å². The van der Waals surface area contributed by atoms with E-state index in [9.17, 15) is 13.6 Å². The molecule has 0 unspecified atom stereocenters. The van der Waals surface area contributed by atoms with E-state index < -0.39 is 11.6 Å². The molecule has 5 heteroatoms. The van der Waals surface area contributed by atoms with Crippen LogP contribution in [0, 0.1) is 11.6 Å². The molecule has 13 heavy (non-hydrogen) atoms. The quantitative estimate of drug-likeness (QED) is 0.634. The number of aldehydes is 1. The Kier molecular flexibility index (Phi) is 1.58. The van der Waals surface area contributed by atoms with E-state index in [0.29, 0.717) is 0 Å². The predicted octanol–water partition coefficient (Wildman–Crippen LogP) is 1.92. The van der Waals surface area contributed by atoms with Crippen LogP contribution in [0.2, 0.25) is 0 Å². The molecular weight excluding hydrogens is 180 g/mol. The molecule has 0 saturated heterocycles. The van der Waals surface area contributed by atoms with Crippen LogP contribution in [-0.2, 0) is 0 Å². The van der Waals surface area contributed by atoms with E-state index >= 15 is 0 Å². The number of nitrogens with zero attached hydrogens (tertiary/aromatic N) is 1. The Balaban J connectivity index is 2.91. The lowest BCUT2D eigenvalue weighted by atomic mass is 10.1. The molecule has 0 amide bonds. The summed E-state index contributed by atoms with van der Waals surface area (Å²) in [6, 6.07) is 1.18. The van der Waals surface area contributed by atoms with Gasteiger partial charge in [0.25, 0.3) is 0 Å². The summed E-state index contributed by atoms with van der Waals surface area (Å²) in [5.74, 6) is -2.39. The first kappa shape index (κ1) is 7.85. The molecule has 0 fully saturated rings. The van der Waals surface area contributed by atoms with E-state index in [2.05, 4.69) is 9.68 Å². The van der Waals surface area contributed by atoms with Crippen molar-refractivity contribution in [2.45, 2.75) is 0 Å². The lowest BCUT2D eigenvalue weighted by Crippen LogP contribution is -1.92. The monoisotopic (exact) mass is 183 g/mol. The molecule has 0 saturated carbocycles. The van der Waals surface area contributed by atoms with Crippen molar-refractivity contribution < 1.29 is 18.1 Å². The molecule has 0 bridgehead atoms. The number of halogens is 2. The second kappa shape index (κ2) is 2.62. The predicted molar refractivity (Wildman–Crippen MR) is 39.3 cm³/mol. The molecule has 3 nitrogen and oxygen atoms in total. The van der Waals surface area contributed by atoms with Crippen LogP contribution in [-0.4, -0.2) is 11.4 Å². The Morgan fingerprint density at radius 3 is 2.85 bits per heavy atom. The standard InChI is InChI=1S/C8H3F2NO2/c9-6-5(3-12)1-4-2-11-13-8(4)7(6)10/h1-3H. The Morgan fingerprint density at radius 2 is 2.15 bits per heavy atom. The number of carbonyl (C=O) groups excluding carboxylic acids is 1. The Morgan fingerprint density at radius 1 is 1.38 bits per heavy atom. The van der Waals surface area contributed by atoms with Crippen LogP contribution in [0.3, 0.4) is 0 Å². The van der Waals surface area contributed by atoms with Crippen LogP contribution in [0.4, 0.5) is 8.78 Å². The Bertz CT molecular complexity index is 478. The summed E-state index contributed by atoms with van der Waals surface area (Å²) in [5, 5.41) is 3.55. The van der Waals surface area contributed by atoms with Gasteiger partial charge in [-0.15, -0.1) is 0 Å². The van der Waals surface area contributed by atoms with Gasteiger partial charge in [-0.05, 0) is 6.07 Å². The van der Waals surface area contributed by atoms with Crippen LogP contribution in [0.25, 0.3) is 11.0 Å². The molecule has 0 N–H and O–H groups in total. The largest absolute Gasteiger partial charge is 0.353 e. The molecular formula is C8H3F2NO2. The molecule has 2 rings (SSSR count). The van der Waals surface area contributed by atoms with E-state index in [1.165, 1.54) is 12.3 Å². The van der Waals surface area contributed by atoms with Gasteiger partial charge in [0.15, 0.2) is 12.1 Å². The molecule has 0 aliphatic rings. The number of aromatic nitrogens is 1. The summed E-state index contributed by atoms with van der Waals surface area (Å²) in [7, 11) is 0. The number of benzene rings is 1. The summed E-state index contributed by atoms with van der Waals surface area (Å²) >= 11 is 0. The Hall–Kier alpha value is -1.78. The summed E-state index contributed by atoms with van der Waals surface area (Å²) in [6.45, 7) is 0. The van der Waals surface area contributed by atoms with Crippen molar-refractivity contribution in [2.75, 3.05) is 0 Å². The third-order valence-electron chi connectivity index (χ3n) is 1.68. The van der Waals surface area contributed by atoms with Gasteiger partial charge in [0.05, 0.1) is 11.8 Å². The molecule has 1 aromatic carbocycles. The fourth-order valence-corrected chi connectivity index (χ4v) is 1.06. The minimum absolute atomic E-state index is 0.241. The molecule has 0 spiro atoms. The van der Waals surface area contributed by atoms with Crippen molar-refractivity contribution in [2.24, 2.45) is 0 Å². The van der Waals surface area contributed by atoms with Crippen molar-refractivity contribution in [3.8, 4) is 0 Å². The molecule has 0 radical (unpaired) electrons. The first-order valence-corrected chi connectivity index (χ1v) is 3.41. The second-order valence-corrected chi connectivity index (χ2v) is 2.46. The summed E-state index contributed by atoms with van der Waals surface area (Å²) < 4.78 is 30.4. The van der Waals surface area contributed by atoms with E-state index in [0.717, 1.165) is 0 Å². The first-order valence-electron chi connectivity index (χ1n) is 3.41. The highest BCUT2D eigenvalue weighted by atomic mass is 19.2. The highest BCUT2D eigenvalue weighted by Gasteiger charge is 2.15. The van der Waals surface area contributed by atoms with Crippen molar-refractivity contribution >= 4 is 17.3 Å². The average Bonchev–Trinajstić information content (AvgIpc) is 2.59. The van der Waals surface area contributed by atoms with Crippen molar-refractivity contribution in [3.05, 3.63) is 29.5 Å². The zero-order valence-corrected chi connectivity index (χ0v) is 6.25. The van der Waals surface area contributed by atoms with Gasteiger partial charge in [-0.25, -0.2) is 4.39 Å². The maximum Gasteiger partial charge on any atom is 0.205 e. The van der Waals surface area contributed by atoms with E-state index in [4.69, 9.17) is 0 Å². The normalized spacial score (nSPS) is 10.6. The fraction of sp³-hybridized carbons (Fsp3) is 0. The molecule has 0 aliphatic carbocycles. The van der Waals surface area contributed by atoms with Crippen LogP contribution in [0.5, 0.6) is 0 Å². The number of rotatable bonds is 1. The fourth-order valence-electron chi connectivity index (χ4n) is 1.06. The highest BCUT2D eigenvalue weighted by Crippen LogP contribution is 2.22. The number of fused-ring (bicyclic) bond motifs is 1. The van der Waals surface area contributed by atoms with Gasteiger partial charge >= 0.3 is 0 Å².